The lowest BCUT2D eigenvalue weighted by Crippen LogP contribution is -2.61. The van der Waals surface area contributed by atoms with Gasteiger partial charge < -0.3 is 28.1 Å². The molecule has 4 aromatic heterocycles. The highest BCUT2D eigenvalue weighted by Crippen LogP contribution is 2.55. The summed E-state index contributed by atoms with van der Waals surface area (Å²) in [4.78, 5) is 4.85. The molecule has 7 heteroatoms. The van der Waals surface area contributed by atoms with E-state index in [1.165, 1.54) is 11.1 Å². The molecule has 0 N–H and O–H groups in total. The standard InChI is InChI=1S/C114H89BN6/c1-112(2,3)78-50-57-103-93(63-78)94-64-79(113(4,5)6)51-58-104(94)119(103)85-70-108-110-109(71-85)121(111-91(74-36-18-12-19-37-74)65-80(114(7,8)9)66-92(111)75-38-20-13-21-39-75)107-69-83(117-100-47-29-24-42-88(100)89-43-25-30-48-101(89)117)53-56-97(107)115(110)96-55-52-82(68-106(96)120(108)84-61-76(72-32-14-10-15-33-72)60-77(62-84)73-34-16-11-17-35-73)118-102-49-31-26-44-90(102)95-67-81(54-59-105(95)118)116-98-45-27-22-40-86(98)87-41-23-28-46-99(87)116/h10-71H,1-9H3/i24D,25D,26D,29D,30D,31D,42D,43D,44D,47D,48D,49D. The second-order valence-electron chi connectivity index (χ2n) is 35.6. The van der Waals surface area contributed by atoms with Gasteiger partial charge in [0.05, 0.1) is 72.0 Å². The highest BCUT2D eigenvalue weighted by Gasteiger charge is 2.46. The second-order valence-corrected chi connectivity index (χ2v) is 35.6. The zero-order valence-corrected chi connectivity index (χ0v) is 68.6. The summed E-state index contributed by atoms with van der Waals surface area (Å²) in [6.45, 7) is 19.6. The molecule has 0 spiro atoms. The van der Waals surface area contributed by atoms with Crippen molar-refractivity contribution in [1.82, 2.24) is 18.3 Å². The molecule has 0 saturated carbocycles. The molecule has 17 aromatic carbocycles. The van der Waals surface area contributed by atoms with E-state index < -0.39 is 60.5 Å². The summed E-state index contributed by atoms with van der Waals surface area (Å²) in [7, 11) is 0. The summed E-state index contributed by atoms with van der Waals surface area (Å²) in [6.07, 6.45) is 0. The van der Waals surface area contributed by atoms with Crippen LogP contribution in [0.15, 0.2) is 376 Å². The maximum Gasteiger partial charge on any atom is 0.252 e. The second kappa shape index (κ2) is 27.1. The topological polar surface area (TPSA) is 26.2 Å². The smallest absolute Gasteiger partial charge is 0.252 e. The van der Waals surface area contributed by atoms with Gasteiger partial charge in [-0.05, 0) is 222 Å². The van der Waals surface area contributed by atoms with Gasteiger partial charge in [-0.1, -0.05) is 299 Å². The van der Waals surface area contributed by atoms with Crippen molar-refractivity contribution in [2.24, 2.45) is 0 Å². The molecule has 121 heavy (non-hydrogen) atoms. The Hall–Kier alpha value is -14.4. The maximum absolute atomic E-state index is 10.3. The van der Waals surface area contributed by atoms with E-state index in [1.807, 2.05) is 59.2 Å². The molecule has 23 rings (SSSR count). The van der Waals surface area contributed by atoms with Crippen molar-refractivity contribution >= 4 is 144 Å². The molecule has 6 nitrogen and oxygen atoms in total. The molecule has 0 unspecified atom stereocenters. The van der Waals surface area contributed by atoms with Crippen LogP contribution < -0.4 is 26.2 Å². The molecule has 2 aliphatic rings. The Labute approximate surface area is 723 Å². The number of fused-ring (bicyclic) bond motifs is 16. The van der Waals surface area contributed by atoms with E-state index in [-0.39, 0.29) is 56.8 Å². The van der Waals surface area contributed by atoms with Crippen LogP contribution in [0.5, 0.6) is 0 Å². The van der Waals surface area contributed by atoms with Crippen LogP contribution in [0, 0.1) is 0 Å². The fraction of sp³-hybridized carbons (Fsp3) is 0.105. The monoisotopic (exact) mass is 1560 g/mol. The summed E-state index contributed by atoms with van der Waals surface area (Å²) < 4.78 is 125. The number of hydrogen-bond donors (Lipinski definition) is 0. The minimum atomic E-state index is -0.710. The zero-order chi connectivity index (χ0) is 91.9. The van der Waals surface area contributed by atoms with E-state index in [9.17, 15) is 16.4 Å². The molecular weight excluding hydrogens is 1460 g/mol. The highest BCUT2D eigenvalue weighted by molar-refractivity contribution is 7.00. The fourth-order valence-corrected chi connectivity index (χ4v) is 19.4. The van der Waals surface area contributed by atoms with Crippen molar-refractivity contribution in [2.45, 2.75) is 78.6 Å². The van der Waals surface area contributed by atoms with E-state index in [1.54, 1.807) is 4.57 Å². The molecule has 0 amide bonds. The van der Waals surface area contributed by atoms with Gasteiger partial charge in [0.25, 0.3) is 6.71 Å². The van der Waals surface area contributed by atoms with Gasteiger partial charge >= 0.3 is 0 Å². The van der Waals surface area contributed by atoms with Crippen molar-refractivity contribution in [1.29, 1.82) is 0 Å². The minimum Gasteiger partial charge on any atom is -0.311 e. The molecule has 0 saturated heterocycles. The van der Waals surface area contributed by atoms with E-state index in [0.29, 0.717) is 38.9 Å². The molecule has 0 aliphatic carbocycles. The highest BCUT2D eigenvalue weighted by atomic mass is 15.2. The molecule has 578 valence electrons. The number of hydrogen-bond acceptors (Lipinski definition) is 2. The predicted molar refractivity (Wildman–Crippen MR) is 516 cm³/mol. The first-order chi connectivity index (χ1) is 63.9. The molecule has 21 aromatic rings. The Balaban J connectivity index is 0.919. The number of nitrogens with zero attached hydrogens (tertiary/aromatic N) is 6. The molecule has 6 heterocycles. The Morgan fingerprint density at radius 3 is 1.05 bits per heavy atom. The first kappa shape index (κ1) is 60.1. The number of benzene rings is 17. The Bertz CT molecular complexity index is 8290. The number of aromatic nitrogens is 4. The molecule has 0 fully saturated rings. The number of anilines is 6. The zero-order valence-electron chi connectivity index (χ0n) is 80.6. The third-order valence-corrected chi connectivity index (χ3v) is 25.3. The minimum absolute atomic E-state index is 0.0167. The predicted octanol–water partition coefficient (Wildman–Crippen LogP) is 28.7. The van der Waals surface area contributed by atoms with Crippen molar-refractivity contribution < 1.29 is 16.4 Å². The van der Waals surface area contributed by atoms with Gasteiger partial charge in [0.15, 0.2) is 0 Å². The third-order valence-electron chi connectivity index (χ3n) is 25.3. The summed E-state index contributed by atoms with van der Waals surface area (Å²) in [5.41, 5.74) is 24.6. The van der Waals surface area contributed by atoms with E-state index in [4.69, 9.17) is 0 Å². The first-order valence-corrected chi connectivity index (χ1v) is 41.7. The van der Waals surface area contributed by atoms with Gasteiger partial charge in [-0.25, -0.2) is 0 Å². The van der Waals surface area contributed by atoms with Crippen LogP contribution in [0.3, 0.4) is 0 Å². The van der Waals surface area contributed by atoms with Crippen LogP contribution in [0.4, 0.5) is 34.1 Å². The van der Waals surface area contributed by atoms with Crippen LogP contribution >= 0.6 is 0 Å². The summed E-state index contributed by atoms with van der Waals surface area (Å²) >= 11 is 0. The lowest BCUT2D eigenvalue weighted by Gasteiger charge is -2.45. The lowest BCUT2D eigenvalue weighted by molar-refractivity contribution is 0.590. The largest absolute Gasteiger partial charge is 0.311 e. The average molecular weight is 1570 g/mol. The SMILES string of the molecule is [2H]c1c([2H])c([2H])c2c(c1[2H])c1cc(-n3c4ccccc4c4ccccc43)ccc1n2-c1ccc2c(c1)N(c1cc(-c3ccccc3)cc(-c3ccccc3)c1)c1cc(-n3c4ccc(C(C)(C)C)cc4c4cc(C(C)(C)C)ccc43)cc3c1B2c1ccc(-n2c4c([2H])c([2H])c([2H])c([2H])c4c4c([2H])c([2H])c([2H])c([2H])c42)cc1N3c1c(-c2ccccc2)cc(C(C)(C)C)cc1-c1ccccc1. The fourth-order valence-electron chi connectivity index (χ4n) is 19.4. The summed E-state index contributed by atoms with van der Waals surface area (Å²) in [5.74, 6) is 0. The van der Waals surface area contributed by atoms with E-state index in [2.05, 4.69) is 330 Å². The van der Waals surface area contributed by atoms with Crippen molar-refractivity contribution in [3.05, 3.63) is 393 Å². The van der Waals surface area contributed by atoms with Gasteiger partial charge in [0.1, 0.15) is 0 Å². The third kappa shape index (κ3) is 11.4. The Kier molecular flexibility index (Phi) is 13.5. The maximum atomic E-state index is 10.3. The number of rotatable bonds is 10. The van der Waals surface area contributed by atoms with Crippen molar-refractivity contribution in [3.63, 3.8) is 0 Å². The quantitative estimate of drug-likeness (QED) is 0.128. The number of para-hydroxylation sites is 5. The van der Waals surface area contributed by atoms with E-state index >= 15 is 0 Å². The molecule has 2 aliphatic heterocycles. The van der Waals surface area contributed by atoms with Crippen LogP contribution in [-0.4, -0.2) is 25.0 Å². The van der Waals surface area contributed by atoms with Crippen LogP contribution in [0.2, 0.25) is 0 Å². The first-order valence-electron chi connectivity index (χ1n) is 47.7. The lowest BCUT2D eigenvalue weighted by atomic mass is 9.33. The van der Waals surface area contributed by atoms with Gasteiger partial charge in [-0.15, -0.1) is 0 Å². The van der Waals surface area contributed by atoms with Crippen LogP contribution in [0.25, 0.3) is 154 Å². The summed E-state index contributed by atoms with van der Waals surface area (Å²) in [5, 5.41) is 5.20. The molecule has 0 bridgehead atoms. The molecule has 0 radical (unpaired) electrons. The van der Waals surface area contributed by atoms with Gasteiger partial charge in [-0.2, -0.15) is 0 Å². The normalized spacial score (nSPS) is 14.3. The van der Waals surface area contributed by atoms with Crippen LogP contribution in [0.1, 0.15) is 95.5 Å². The Morgan fingerprint density at radius 1 is 0.231 bits per heavy atom. The van der Waals surface area contributed by atoms with Gasteiger partial charge in [-0.3, -0.25) is 0 Å². The summed E-state index contributed by atoms with van der Waals surface area (Å²) in [6, 6.07) is 103. The van der Waals surface area contributed by atoms with Crippen LogP contribution in [-0.2, 0) is 16.2 Å². The Morgan fingerprint density at radius 2 is 0.579 bits per heavy atom. The molecular formula is C114H89BN6. The molecule has 0 atom stereocenters. The van der Waals surface area contributed by atoms with E-state index in [0.717, 1.165) is 150 Å². The van der Waals surface area contributed by atoms with Crippen molar-refractivity contribution in [3.8, 4) is 67.3 Å². The van der Waals surface area contributed by atoms with Gasteiger partial charge in [0, 0.05) is 99.7 Å². The average Bonchev–Trinajstić information content (AvgIpc) is 1.65. The van der Waals surface area contributed by atoms with Crippen molar-refractivity contribution in [2.75, 3.05) is 9.80 Å². The van der Waals surface area contributed by atoms with Gasteiger partial charge in [0.2, 0.25) is 0 Å².